The molecule has 210 valence electrons. The van der Waals surface area contributed by atoms with E-state index in [1.807, 2.05) is 0 Å². The Balaban J connectivity index is 1.94. The Morgan fingerprint density at radius 3 is 1.54 bits per heavy atom. The SMILES string of the molecule is CCOC(=O)CNc1nc(N(C)C2CC(C)(C)NC(C)(C)C2)nc(N(C)C2CC(C)(C)NC(C)(C)C2)n1. The lowest BCUT2D eigenvalue weighted by Gasteiger charge is -2.49. The van der Waals surface area contributed by atoms with Gasteiger partial charge in [0.15, 0.2) is 0 Å². The molecular formula is C27H50N8O2. The molecule has 2 saturated heterocycles. The highest BCUT2D eigenvalue weighted by Crippen LogP contribution is 2.35. The van der Waals surface area contributed by atoms with Gasteiger partial charge in [0.1, 0.15) is 6.54 Å². The molecule has 2 aliphatic rings. The van der Waals surface area contributed by atoms with Crippen molar-refractivity contribution in [3.63, 3.8) is 0 Å². The van der Waals surface area contributed by atoms with E-state index in [9.17, 15) is 4.79 Å². The minimum atomic E-state index is -0.337. The summed E-state index contributed by atoms with van der Waals surface area (Å²) in [6.07, 6.45) is 3.86. The first-order chi connectivity index (χ1) is 16.9. The van der Waals surface area contributed by atoms with Gasteiger partial charge in [0.2, 0.25) is 17.8 Å². The van der Waals surface area contributed by atoms with Crippen LogP contribution < -0.4 is 25.8 Å². The van der Waals surface area contributed by atoms with Gasteiger partial charge in [-0.3, -0.25) is 4.79 Å². The van der Waals surface area contributed by atoms with Gasteiger partial charge in [-0.1, -0.05) is 0 Å². The second-order valence-corrected chi connectivity index (χ2v) is 13.5. The molecule has 37 heavy (non-hydrogen) atoms. The van der Waals surface area contributed by atoms with Crippen molar-refractivity contribution >= 4 is 23.8 Å². The number of nitrogens with one attached hydrogen (secondary N) is 3. The normalized spacial score (nSPS) is 22.8. The second kappa shape index (κ2) is 10.5. The molecule has 0 radical (unpaired) electrons. The van der Waals surface area contributed by atoms with Gasteiger partial charge in [-0.15, -0.1) is 0 Å². The molecule has 0 bridgehead atoms. The molecule has 0 atom stereocenters. The average molecular weight is 519 g/mol. The van der Waals surface area contributed by atoms with Crippen LogP contribution in [0.5, 0.6) is 0 Å². The van der Waals surface area contributed by atoms with Gasteiger partial charge in [0, 0.05) is 48.3 Å². The molecule has 2 fully saturated rings. The summed E-state index contributed by atoms with van der Waals surface area (Å²) in [6.45, 7) is 20.1. The summed E-state index contributed by atoms with van der Waals surface area (Å²) < 4.78 is 5.09. The first kappa shape index (κ1) is 29.4. The lowest BCUT2D eigenvalue weighted by atomic mass is 9.79. The van der Waals surface area contributed by atoms with Crippen molar-refractivity contribution in [2.45, 2.75) is 122 Å². The molecule has 0 unspecified atom stereocenters. The highest BCUT2D eigenvalue weighted by molar-refractivity contribution is 5.74. The van der Waals surface area contributed by atoms with Gasteiger partial charge in [-0.2, -0.15) is 15.0 Å². The number of rotatable bonds is 8. The van der Waals surface area contributed by atoms with Gasteiger partial charge in [-0.25, -0.2) is 0 Å². The number of aromatic nitrogens is 3. The van der Waals surface area contributed by atoms with Crippen LogP contribution in [-0.2, 0) is 9.53 Å². The quantitative estimate of drug-likeness (QED) is 0.444. The van der Waals surface area contributed by atoms with E-state index in [2.05, 4.69) is 95.2 Å². The number of esters is 1. The topological polar surface area (TPSA) is 108 Å². The van der Waals surface area contributed by atoms with E-state index in [0.717, 1.165) is 25.7 Å². The monoisotopic (exact) mass is 518 g/mol. The molecule has 3 heterocycles. The number of carbonyl (C=O) groups is 1. The maximum Gasteiger partial charge on any atom is 0.325 e. The summed E-state index contributed by atoms with van der Waals surface area (Å²) in [5, 5.41) is 10.6. The Morgan fingerprint density at radius 2 is 1.19 bits per heavy atom. The van der Waals surface area contributed by atoms with E-state index in [-0.39, 0.29) is 46.8 Å². The summed E-state index contributed by atoms with van der Waals surface area (Å²) >= 11 is 0. The van der Waals surface area contributed by atoms with E-state index < -0.39 is 0 Å². The number of ether oxygens (including phenoxy) is 1. The Labute approximate surface area is 223 Å². The average Bonchev–Trinajstić information content (AvgIpc) is 2.72. The van der Waals surface area contributed by atoms with Gasteiger partial charge in [0.05, 0.1) is 6.61 Å². The maximum atomic E-state index is 12.0. The van der Waals surface area contributed by atoms with Crippen molar-refractivity contribution in [2.75, 3.05) is 42.4 Å². The Kier molecular flexibility index (Phi) is 8.34. The van der Waals surface area contributed by atoms with Crippen LogP contribution in [-0.4, -0.2) is 82.4 Å². The summed E-state index contributed by atoms with van der Waals surface area (Å²) in [5.74, 6) is 1.26. The van der Waals surface area contributed by atoms with Crippen LogP contribution in [0.15, 0.2) is 0 Å². The fourth-order valence-electron chi connectivity index (χ4n) is 6.52. The lowest BCUT2D eigenvalue weighted by molar-refractivity contribution is -0.140. The predicted molar refractivity (Wildman–Crippen MR) is 150 cm³/mol. The first-order valence-electron chi connectivity index (χ1n) is 13.6. The molecule has 0 saturated carbocycles. The second-order valence-electron chi connectivity index (χ2n) is 13.5. The van der Waals surface area contributed by atoms with Gasteiger partial charge < -0.3 is 30.5 Å². The molecule has 2 aliphatic heterocycles. The number of anilines is 3. The Bertz CT molecular complexity index is 867. The van der Waals surface area contributed by atoms with Crippen molar-refractivity contribution in [1.29, 1.82) is 0 Å². The van der Waals surface area contributed by atoms with Crippen LogP contribution in [0.25, 0.3) is 0 Å². The molecule has 1 aromatic heterocycles. The predicted octanol–water partition coefficient (Wildman–Crippen LogP) is 3.34. The minimum absolute atomic E-state index is 0.00494. The zero-order chi connectivity index (χ0) is 27.8. The number of nitrogens with zero attached hydrogens (tertiary/aromatic N) is 5. The largest absolute Gasteiger partial charge is 0.465 e. The fraction of sp³-hybridized carbons (Fsp3) is 0.852. The van der Waals surface area contributed by atoms with Crippen molar-refractivity contribution in [3.05, 3.63) is 0 Å². The highest BCUT2D eigenvalue weighted by atomic mass is 16.5. The summed E-state index contributed by atoms with van der Waals surface area (Å²) in [6, 6.07) is 0.503. The molecule has 0 spiro atoms. The van der Waals surface area contributed by atoms with Crippen LogP contribution in [0.4, 0.5) is 17.8 Å². The third kappa shape index (κ3) is 7.89. The van der Waals surface area contributed by atoms with E-state index in [0.29, 0.717) is 24.5 Å². The van der Waals surface area contributed by atoms with Gasteiger partial charge >= 0.3 is 5.97 Å². The van der Waals surface area contributed by atoms with Crippen LogP contribution in [0, 0.1) is 0 Å². The summed E-state index contributed by atoms with van der Waals surface area (Å²) in [4.78, 5) is 30.9. The van der Waals surface area contributed by atoms with Crippen LogP contribution >= 0.6 is 0 Å². The number of piperidine rings is 2. The zero-order valence-electron chi connectivity index (χ0n) is 24.9. The third-order valence-corrected chi connectivity index (χ3v) is 7.37. The molecule has 10 heteroatoms. The van der Waals surface area contributed by atoms with Crippen molar-refractivity contribution in [2.24, 2.45) is 0 Å². The van der Waals surface area contributed by atoms with E-state index in [4.69, 9.17) is 19.7 Å². The Morgan fingerprint density at radius 1 is 0.811 bits per heavy atom. The number of carbonyl (C=O) groups excluding carboxylic acids is 1. The van der Waals surface area contributed by atoms with Crippen molar-refractivity contribution in [3.8, 4) is 0 Å². The van der Waals surface area contributed by atoms with Crippen molar-refractivity contribution < 1.29 is 9.53 Å². The number of hydrogen-bond donors (Lipinski definition) is 3. The van der Waals surface area contributed by atoms with Crippen molar-refractivity contribution in [1.82, 2.24) is 25.6 Å². The summed E-state index contributed by atoms with van der Waals surface area (Å²) in [7, 11) is 4.13. The third-order valence-electron chi connectivity index (χ3n) is 7.37. The molecule has 0 aromatic carbocycles. The first-order valence-corrected chi connectivity index (χ1v) is 13.6. The van der Waals surface area contributed by atoms with E-state index >= 15 is 0 Å². The van der Waals surface area contributed by atoms with E-state index in [1.165, 1.54) is 0 Å². The summed E-state index contributed by atoms with van der Waals surface area (Å²) in [5.41, 5.74) is -0.0374. The minimum Gasteiger partial charge on any atom is -0.465 e. The molecule has 0 aliphatic carbocycles. The molecule has 10 nitrogen and oxygen atoms in total. The number of hydrogen-bond acceptors (Lipinski definition) is 10. The fourth-order valence-corrected chi connectivity index (χ4v) is 6.52. The molecule has 3 N–H and O–H groups in total. The smallest absolute Gasteiger partial charge is 0.325 e. The standard InChI is InChI=1S/C27H50N8O2/c1-12-37-20(36)17-28-21-29-22(34(10)18-13-24(2,3)32-25(4,5)14-18)31-23(30-21)35(11)19-15-26(6,7)33-27(8,9)16-19/h18-19,32-33H,12-17H2,1-11H3,(H,28,29,30,31). The zero-order valence-corrected chi connectivity index (χ0v) is 24.9. The van der Waals surface area contributed by atoms with Gasteiger partial charge in [-0.05, 0) is 88.0 Å². The van der Waals surface area contributed by atoms with E-state index in [1.54, 1.807) is 6.92 Å². The molecular weight excluding hydrogens is 468 g/mol. The van der Waals surface area contributed by atoms with Crippen LogP contribution in [0.2, 0.25) is 0 Å². The van der Waals surface area contributed by atoms with Crippen LogP contribution in [0.3, 0.4) is 0 Å². The molecule has 3 rings (SSSR count). The van der Waals surface area contributed by atoms with Crippen LogP contribution in [0.1, 0.15) is 88.0 Å². The Hall–Kier alpha value is -2.20. The maximum absolute atomic E-state index is 12.0. The van der Waals surface area contributed by atoms with Gasteiger partial charge in [0.25, 0.3) is 0 Å². The molecule has 0 amide bonds. The molecule has 1 aromatic rings. The lowest BCUT2D eigenvalue weighted by Crippen LogP contribution is -2.62. The highest BCUT2D eigenvalue weighted by Gasteiger charge is 2.41.